The molecular weight excluding hydrogens is 326 g/mol. The summed E-state index contributed by atoms with van der Waals surface area (Å²) < 4.78 is 0. The Hall–Kier alpha value is -0.700. The van der Waals surface area contributed by atoms with Crippen molar-refractivity contribution in [1.82, 2.24) is 0 Å². The molecule has 0 aliphatic carbocycles. The van der Waals surface area contributed by atoms with Gasteiger partial charge in [0.15, 0.2) is 0 Å². The van der Waals surface area contributed by atoms with Gasteiger partial charge in [-0.2, -0.15) is 0 Å². The van der Waals surface area contributed by atoms with Gasteiger partial charge in [0.2, 0.25) is 0 Å². The lowest BCUT2D eigenvalue weighted by atomic mass is 9.79. The molecule has 0 aliphatic rings. The van der Waals surface area contributed by atoms with Crippen LogP contribution in [0.25, 0.3) is 11.1 Å². The molecule has 130 valence electrons. The summed E-state index contributed by atoms with van der Waals surface area (Å²) in [6.07, 6.45) is 0. The van der Waals surface area contributed by atoms with Crippen molar-refractivity contribution in [2.75, 3.05) is 0 Å². The van der Waals surface area contributed by atoms with Crippen LogP contribution in [-0.4, -0.2) is 0 Å². The molecular formula is C22H32P2. The fourth-order valence-corrected chi connectivity index (χ4v) is 3.46. The van der Waals surface area contributed by atoms with Crippen LogP contribution in [-0.2, 0) is 0 Å². The Morgan fingerprint density at radius 2 is 1.12 bits per heavy atom. The van der Waals surface area contributed by atoms with Crippen LogP contribution in [0.5, 0.6) is 0 Å². The van der Waals surface area contributed by atoms with E-state index in [0.717, 1.165) is 0 Å². The first kappa shape index (κ1) is 19.6. The van der Waals surface area contributed by atoms with Crippen molar-refractivity contribution in [1.29, 1.82) is 0 Å². The Morgan fingerprint density at radius 1 is 0.625 bits per heavy atom. The average molecular weight is 358 g/mol. The van der Waals surface area contributed by atoms with Crippen molar-refractivity contribution >= 4 is 18.5 Å². The molecule has 2 heteroatoms. The van der Waals surface area contributed by atoms with E-state index in [0.29, 0.717) is 11.3 Å². The molecule has 24 heavy (non-hydrogen) atoms. The third-order valence-electron chi connectivity index (χ3n) is 4.73. The van der Waals surface area contributed by atoms with E-state index in [1.165, 1.54) is 22.3 Å². The zero-order chi connectivity index (χ0) is 18.1. The number of benzene rings is 2. The van der Waals surface area contributed by atoms with Gasteiger partial charge in [-0.05, 0) is 33.1 Å². The first-order valence-electron chi connectivity index (χ1n) is 8.72. The number of rotatable bonds is 3. The molecule has 0 bridgehead atoms. The minimum absolute atomic E-state index is 0.205. The second-order valence-corrected chi connectivity index (χ2v) is 10.2. The summed E-state index contributed by atoms with van der Waals surface area (Å²) in [7, 11) is 6.16. The van der Waals surface area contributed by atoms with Gasteiger partial charge in [0, 0.05) is 11.3 Å². The van der Waals surface area contributed by atoms with E-state index in [-0.39, 0.29) is 10.8 Å². The highest BCUT2D eigenvalue weighted by atomic mass is 31.0. The SMILES string of the molecule is CC(C)(C)C(P)c1ccc(-c2ccccc2)cc1C(P)C(C)(C)C. The van der Waals surface area contributed by atoms with Crippen molar-refractivity contribution in [3.8, 4) is 11.1 Å². The quantitative estimate of drug-likeness (QED) is 0.506. The Kier molecular flexibility index (Phi) is 5.95. The van der Waals surface area contributed by atoms with Gasteiger partial charge in [0.05, 0.1) is 0 Å². The molecule has 0 nitrogen and oxygen atoms in total. The van der Waals surface area contributed by atoms with Crippen molar-refractivity contribution < 1.29 is 0 Å². The molecule has 0 heterocycles. The molecule has 0 spiro atoms. The van der Waals surface area contributed by atoms with Gasteiger partial charge in [-0.3, -0.25) is 0 Å². The molecule has 0 aliphatic heterocycles. The van der Waals surface area contributed by atoms with Crippen molar-refractivity contribution in [3.63, 3.8) is 0 Å². The van der Waals surface area contributed by atoms with Gasteiger partial charge in [-0.15, -0.1) is 18.5 Å². The second-order valence-electron chi connectivity index (χ2n) is 8.90. The van der Waals surface area contributed by atoms with Crippen LogP contribution in [0.1, 0.15) is 64.0 Å². The van der Waals surface area contributed by atoms with E-state index in [1.807, 2.05) is 0 Å². The highest BCUT2D eigenvalue weighted by Crippen LogP contribution is 2.49. The van der Waals surface area contributed by atoms with Gasteiger partial charge >= 0.3 is 0 Å². The van der Waals surface area contributed by atoms with E-state index < -0.39 is 0 Å². The Morgan fingerprint density at radius 3 is 1.62 bits per heavy atom. The van der Waals surface area contributed by atoms with Gasteiger partial charge in [-0.25, -0.2) is 0 Å². The Balaban J connectivity index is 2.60. The maximum Gasteiger partial charge on any atom is 0.00369 e. The van der Waals surface area contributed by atoms with E-state index in [2.05, 4.69) is 109 Å². The molecule has 0 N–H and O–H groups in total. The van der Waals surface area contributed by atoms with Crippen LogP contribution in [0.15, 0.2) is 48.5 Å². The smallest absolute Gasteiger partial charge is 0.00369 e. The Labute approximate surface area is 153 Å². The van der Waals surface area contributed by atoms with Crippen LogP contribution in [0.3, 0.4) is 0 Å². The van der Waals surface area contributed by atoms with E-state index in [4.69, 9.17) is 0 Å². The molecule has 0 fully saturated rings. The maximum atomic E-state index is 3.09. The normalized spacial score (nSPS) is 15.2. The lowest BCUT2D eigenvalue weighted by molar-refractivity contribution is 0.382. The van der Waals surface area contributed by atoms with Crippen LogP contribution >= 0.6 is 18.5 Å². The van der Waals surface area contributed by atoms with E-state index in [1.54, 1.807) is 0 Å². The summed E-state index contributed by atoms with van der Waals surface area (Å²) >= 11 is 0. The maximum absolute atomic E-state index is 3.09. The van der Waals surface area contributed by atoms with Gasteiger partial charge in [0.25, 0.3) is 0 Å². The molecule has 4 unspecified atom stereocenters. The molecule has 0 radical (unpaired) electrons. The van der Waals surface area contributed by atoms with Crippen LogP contribution in [0, 0.1) is 10.8 Å². The molecule has 2 rings (SSSR count). The second kappa shape index (κ2) is 7.27. The van der Waals surface area contributed by atoms with E-state index in [9.17, 15) is 0 Å². The summed E-state index contributed by atoms with van der Waals surface area (Å²) in [6, 6.07) is 17.7. The van der Waals surface area contributed by atoms with Gasteiger partial charge in [-0.1, -0.05) is 90.1 Å². The largest absolute Gasteiger partial charge is 0.129 e. The summed E-state index contributed by atoms with van der Waals surface area (Å²) in [4.78, 5) is 0. The highest BCUT2D eigenvalue weighted by Gasteiger charge is 2.29. The van der Waals surface area contributed by atoms with Gasteiger partial charge < -0.3 is 0 Å². The molecule has 0 saturated carbocycles. The standard InChI is InChI=1S/C22H32P2/c1-21(2,3)19(23)17-13-12-16(15-10-8-7-9-11-15)14-18(17)20(24)22(4,5)6/h7-14,19-20H,23-24H2,1-6H3. The molecule has 0 amide bonds. The zero-order valence-electron chi connectivity index (χ0n) is 15.9. The topological polar surface area (TPSA) is 0 Å². The van der Waals surface area contributed by atoms with Crippen LogP contribution in [0.4, 0.5) is 0 Å². The third kappa shape index (κ3) is 4.47. The highest BCUT2D eigenvalue weighted by molar-refractivity contribution is 7.17. The minimum Gasteiger partial charge on any atom is -0.129 e. The number of hydrogen-bond donors (Lipinski definition) is 0. The van der Waals surface area contributed by atoms with E-state index >= 15 is 0 Å². The van der Waals surface area contributed by atoms with Crippen molar-refractivity contribution in [3.05, 3.63) is 59.7 Å². The number of hydrogen-bond acceptors (Lipinski definition) is 0. The van der Waals surface area contributed by atoms with Crippen molar-refractivity contribution in [2.45, 2.75) is 52.9 Å². The predicted octanol–water partition coefficient (Wildman–Crippen LogP) is 7.28. The lowest BCUT2D eigenvalue weighted by Gasteiger charge is -2.34. The monoisotopic (exact) mass is 358 g/mol. The first-order chi connectivity index (χ1) is 11.0. The zero-order valence-corrected chi connectivity index (χ0v) is 18.2. The third-order valence-corrected chi connectivity index (χ3v) is 7.45. The van der Waals surface area contributed by atoms with Gasteiger partial charge in [0.1, 0.15) is 0 Å². The Bertz CT molecular complexity index is 675. The fourth-order valence-electron chi connectivity index (χ4n) is 2.87. The van der Waals surface area contributed by atoms with Crippen LogP contribution in [0.2, 0.25) is 0 Å². The summed E-state index contributed by atoms with van der Waals surface area (Å²) in [5.41, 5.74) is 6.76. The molecule has 2 aromatic carbocycles. The van der Waals surface area contributed by atoms with Crippen LogP contribution < -0.4 is 0 Å². The summed E-state index contributed by atoms with van der Waals surface area (Å²) in [5, 5.41) is 0. The average Bonchev–Trinajstić information content (AvgIpc) is 2.52. The molecule has 2 aromatic rings. The lowest BCUT2D eigenvalue weighted by Crippen LogP contribution is -2.19. The molecule has 0 aromatic heterocycles. The summed E-state index contributed by atoms with van der Waals surface area (Å²) in [5.74, 6) is 0. The fraction of sp³-hybridized carbons (Fsp3) is 0.455. The molecule has 4 atom stereocenters. The molecule has 0 saturated heterocycles. The minimum atomic E-state index is 0.205. The van der Waals surface area contributed by atoms with Crippen molar-refractivity contribution in [2.24, 2.45) is 10.8 Å². The first-order valence-corrected chi connectivity index (χ1v) is 10.1. The predicted molar refractivity (Wildman–Crippen MR) is 116 cm³/mol. The summed E-state index contributed by atoms with van der Waals surface area (Å²) in [6.45, 7) is 13.9.